The smallest absolute Gasteiger partial charge is 0.0311 e. The molecule has 0 aliphatic heterocycles. The molecular weight excluding hydrogens is 228 g/mol. The highest BCUT2D eigenvalue weighted by Crippen LogP contribution is 1.57. The summed E-state index contributed by atoms with van der Waals surface area (Å²) in [5, 5.41) is 3.53. The van der Waals surface area contributed by atoms with Gasteiger partial charge in [0.2, 0.25) is 0 Å². The molecule has 0 unspecified atom stereocenters. The molecule has 0 saturated heterocycles. The van der Waals surface area contributed by atoms with E-state index in [1.807, 2.05) is 28.2 Å². The van der Waals surface area contributed by atoms with Crippen LogP contribution in [-0.2, 0) is 10.4 Å². The minimum absolute atomic E-state index is 1.76. The summed E-state index contributed by atoms with van der Waals surface area (Å²) >= 11 is 0. The molecule has 0 fully saturated rings. The fourth-order valence-corrected chi connectivity index (χ4v) is 0. The van der Waals surface area contributed by atoms with Gasteiger partial charge in [-0.1, -0.05) is 0 Å². The number of rotatable bonds is 2. The van der Waals surface area contributed by atoms with E-state index in [0.29, 0.717) is 0 Å². The molecule has 0 aliphatic carbocycles. The van der Waals surface area contributed by atoms with Gasteiger partial charge in [0.25, 0.3) is 0 Å². The van der Waals surface area contributed by atoms with Crippen molar-refractivity contribution in [3.8, 4) is 0 Å². The molecule has 0 atom stereocenters. The summed E-state index contributed by atoms with van der Waals surface area (Å²) in [6.45, 7) is 0. The highest BCUT2D eigenvalue weighted by Gasteiger charge is 1.73. The molecule has 0 aliphatic rings. The molecule has 0 aromatic carbocycles. The Kier molecular flexibility index (Phi) is 15.7. The molecule has 0 amide bonds. The van der Waals surface area contributed by atoms with Gasteiger partial charge in [0, 0.05) is 38.6 Å². The maximum Gasteiger partial charge on any atom is 0.0311 e. The molecule has 0 aromatic heterocycles. The van der Waals surface area contributed by atoms with Crippen molar-refractivity contribution in [2.75, 3.05) is 28.2 Å². The lowest BCUT2D eigenvalue weighted by Crippen LogP contribution is -2.69. The van der Waals surface area contributed by atoms with Gasteiger partial charge in [-0.05, 0) is 0 Å². The molecule has 0 rings (SSSR count). The quantitative estimate of drug-likeness (QED) is 0.214. The minimum atomic E-state index is -5.17. The van der Waals surface area contributed by atoms with Crippen LogP contribution in [0.25, 0.3) is 0 Å². The first-order valence-corrected chi connectivity index (χ1v) is 4.94. The van der Waals surface area contributed by atoms with Crippen molar-refractivity contribution in [1.82, 2.24) is 21.1 Å². The van der Waals surface area contributed by atoms with Crippen LogP contribution < -0.4 is 22.8 Å². The molecule has 15 heavy (non-hydrogen) atoms. The second-order valence-corrected chi connectivity index (χ2v) is 3.33. The van der Waals surface area contributed by atoms with Gasteiger partial charge >= 0.3 is 0 Å². The summed E-state index contributed by atoms with van der Waals surface area (Å²) in [6.07, 6.45) is 0. The zero-order valence-electron chi connectivity index (χ0n) is 9.35. The van der Waals surface area contributed by atoms with Gasteiger partial charge in [0.15, 0.2) is 0 Å². The largest absolute Gasteiger partial charge is 0.759 e. The highest BCUT2D eigenvalue weighted by atomic mass is 32.3. The number of hydrogen-bond donors (Lipinski definition) is 4. The van der Waals surface area contributed by atoms with Gasteiger partial charge in [-0.3, -0.25) is 20.1 Å². The molecule has 0 heterocycles. The molecule has 96 valence electrons. The maximum absolute atomic E-state index is 8.52. The predicted molar refractivity (Wildman–Crippen MR) is 49.9 cm³/mol. The highest BCUT2D eigenvalue weighted by molar-refractivity contribution is 7.79. The van der Waals surface area contributed by atoms with Gasteiger partial charge in [0.05, 0.1) is 0 Å². The first-order chi connectivity index (χ1) is 6.54. The van der Waals surface area contributed by atoms with Crippen molar-refractivity contribution in [3.63, 3.8) is 0 Å². The average molecular weight is 248 g/mol. The van der Waals surface area contributed by atoms with Gasteiger partial charge < -0.3 is 9.11 Å². The van der Waals surface area contributed by atoms with E-state index in [1.54, 1.807) is 10.0 Å². The van der Waals surface area contributed by atoms with E-state index in [0.717, 1.165) is 0 Å². The Bertz CT molecular complexity index is 189. The maximum atomic E-state index is 8.52. The standard InChI is InChI=1S/2C2H9N3.H2O4S/c2*1-5(2)4-3;1-5(2,3)4/h2*4H,3H2,1-2H3;(H2,1,2,3,4). The first-order valence-electron chi connectivity index (χ1n) is 3.61. The average Bonchev–Trinajstić information content (AvgIpc) is 2.02. The third kappa shape index (κ3) is 140. The van der Waals surface area contributed by atoms with Gasteiger partial charge in [0.1, 0.15) is 0 Å². The Hall–Kier alpha value is -0.370. The van der Waals surface area contributed by atoms with E-state index in [1.165, 1.54) is 0 Å². The lowest BCUT2D eigenvalue weighted by atomic mass is 11.2. The monoisotopic (exact) mass is 248 g/mol. The second kappa shape index (κ2) is 11.7. The minimum Gasteiger partial charge on any atom is -0.759 e. The summed E-state index contributed by atoms with van der Waals surface area (Å²) in [7, 11) is 2.36. The summed E-state index contributed by atoms with van der Waals surface area (Å²) in [5.74, 6) is 6.72. The molecular formula is C4H20N6O4S. The zero-order chi connectivity index (χ0) is 13.1. The number of nitrogens with one attached hydrogen (secondary N) is 2. The van der Waals surface area contributed by atoms with Gasteiger partial charge in [-0.2, -0.15) is 0 Å². The first kappa shape index (κ1) is 20.1. The molecule has 0 saturated carbocycles. The number of nitrogens with zero attached hydrogens (tertiary/aromatic N) is 2. The summed E-state index contributed by atoms with van der Waals surface area (Å²) in [4.78, 5) is 0. The fraction of sp³-hybridized carbons (Fsp3) is 1.00. The number of hydrazine groups is 2. The Morgan fingerprint density at radius 3 is 1.00 bits per heavy atom. The van der Waals surface area contributed by atoms with Crippen molar-refractivity contribution >= 4 is 10.4 Å². The third-order valence-electron chi connectivity index (χ3n) is 0.632. The Morgan fingerprint density at radius 1 is 0.933 bits per heavy atom. The van der Waals surface area contributed by atoms with Gasteiger partial charge in [-0.15, -0.1) is 11.1 Å². The van der Waals surface area contributed by atoms with Crippen LogP contribution in [0.5, 0.6) is 0 Å². The normalized spacial score (nSPS) is 10.3. The van der Waals surface area contributed by atoms with Crippen molar-refractivity contribution < 1.29 is 29.2 Å². The van der Waals surface area contributed by atoms with Crippen LogP contribution in [0, 0.1) is 0 Å². The van der Waals surface area contributed by atoms with Crippen LogP contribution >= 0.6 is 0 Å². The molecule has 0 bridgehead atoms. The van der Waals surface area contributed by atoms with Crippen LogP contribution in [0.1, 0.15) is 0 Å². The van der Waals surface area contributed by atoms with E-state index in [4.69, 9.17) is 17.5 Å². The number of quaternary nitrogens is 2. The number of hydrogen-bond acceptors (Lipinski definition) is 8. The lowest BCUT2D eigenvalue weighted by molar-refractivity contribution is -0.483. The summed E-state index contributed by atoms with van der Waals surface area (Å²) < 4.78 is 34.1. The predicted octanol–water partition coefficient (Wildman–Crippen LogP) is -4.92. The van der Waals surface area contributed by atoms with Crippen LogP contribution in [0.15, 0.2) is 0 Å². The molecule has 10 nitrogen and oxygen atoms in total. The van der Waals surface area contributed by atoms with E-state index in [9.17, 15) is 0 Å². The molecule has 0 radical (unpaired) electrons. The Labute approximate surface area is 89.7 Å². The zero-order valence-corrected chi connectivity index (χ0v) is 10.2. The lowest BCUT2D eigenvalue weighted by Gasteiger charge is -2.06. The van der Waals surface area contributed by atoms with Crippen LogP contribution in [0.4, 0.5) is 0 Å². The summed E-state index contributed by atoms with van der Waals surface area (Å²) in [6, 6.07) is 0. The third-order valence-corrected chi connectivity index (χ3v) is 0.632. The molecule has 8 N–H and O–H groups in total. The SMILES string of the molecule is CN(C)N[NH3+].CN(C)N[NH3+].O=S(=O)([O-])[O-]. The van der Waals surface area contributed by atoms with E-state index in [-0.39, 0.29) is 0 Å². The second-order valence-electron chi connectivity index (χ2n) is 2.51. The van der Waals surface area contributed by atoms with Crippen molar-refractivity contribution in [2.45, 2.75) is 0 Å². The molecule has 0 spiro atoms. The molecule has 0 aromatic rings. The van der Waals surface area contributed by atoms with Crippen molar-refractivity contribution in [1.29, 1.82) is 0 Å². The van der Waals surface area contributed by atoms with Crippen LogP contribution in [0.3, 0.4) is 0 Å². The van der Waals surface area contributed by atoms with Crippen LogP contribution in [0.2, 0.25) is 0 Å². The van der Waals surface area contributed by atoms with Crippen molar-refractivity contribution in [2.24, 2.45) is 0 Å². The Balaban J connectivity index is -0.000000144. The molecule has 11 heteroatoms. The topological polar surface area (TPSA) is 166 Å². The van der Waals surface area contributed by atoms with Crippen molar-refractivity contribution in [3.05, 3.63) is 0 Å². The van der Waals surface area contributed by atoms with Gasteiger partial charge in [-0.25, -0.2) is 10.0 Å². The van der Waals surface area contributed by atoms with E-state index in [2.05, 4.69) is 22.8 Å². The van der Waals surface area contributed by atoms with Crippen LogP contribution in [-0.4, -0.2) is 55.7 Å². The van der Waals surface area contributed by atoms with E-state index >= 15 is 0 Å². The summed E-state index contributed by atoms with van der Waals surface area (Å²) in [5.41, 5.74) is 5.22. The van der Waals surface area contributed by atoms with E-state index < -0.39 is 10.4 Å². The fourth-order valence-electron chi connectivity index (χ4n) is 0. The Morgan fingerprint density at radius 2 is 1.00 bits per heavy atom.